The first-order valence-electron chi connectivity index (χ1n) is 7.24. The summed E-state index contributed by atoms with van der Waals surface area (Å²) in [5, 5.41) is 2.92. The maximum absolute atomic E-state index is 12.1. The Bertz CT molecular complexity index is 451. The molecule has 1 heterocycles. The first-order chi connectivity index (χ1) is 9.65. The largest absolute Gasteiger partial charge is 0.353 e. The highest BCUT2D eigenvalue weighted by atomic mass is 16.2. The summed E-state index contributed by atoms with van der Waals surface area (Å²) >= 11 is 0. The normalized spacial score (nSPS) is 15.9. The molecule has 0 saturated carbocycles. The molecular formula is C16H22N2O2. The second kappa shape index (κ2) is 7.08. The van der Waals surface area contributed by atoms with Crippen molar-refractivity contribution < 1.29 is 9.59 Å². The van der Waals surface area contributed by atoms with Crippen molar-refractivity contribution in [3.63, 3.8) is 0 Å². The fraction of sp³-hybridized carbons (Fsp3) is 0.500. The van der Waals surface area contributed by atoms with E-state index in [1.807, 2.05) is 23.1 Å². The predicted molar refractivity (Wildman–Crippen MR) is 78.2 cm³/mol. The van der Waals surface area contributed by atoms with E-state index in [0.717, 1.165) is 32.4 Å². The lowest BCUT2D eigenvalue weighted by Crippen LogP contribution is -2.46. The van der Waals surface area contributed by atoms with Gasteiger partial charge in [-0.1, -0.05) is 30.3 Å². The van der Waals surface area contributed by atoms with Crippen LogP contribution in [0.25, 0.3) is 0 Å². The molecule has 0 aromatic heterocycles. The smallest absolute Gasteiger partial charge is 0.222 e. The number of nitrogens with zero attached hydrogens (tertiary/aromatic N) is 1. The van der Waals surface area contributed by atoms with E-state index in [-0.39, 0.29) is 17.9 Å². The molecule has 4 heteroatoms. The van der Waals surface area contributed by atoms with Crippen LogP contribution in [-0.2, 0) is 16.0 Å². The van der Waals surface area contributed by atoms with Crippen LogP contribution in [0.3, 0.4) is 0 Å². The average Bonchev–Trinajstić information content (AvgIpc) is 2.46. The molecule has 1 aliphatic heterocycles. The van der Waals surface area contributed by atoms with Gasteiger partial charge in [-0.2, -0.15) is 0 Å². The SMILES string of the molecule is CC(=O)NC1CCN(C(=O)CCc2ccccc2)CC1. The van der Waals surface area contributed by atoms with E-state index in [2.05, 4.69) is 17.4 Å². The summed E-state index contributed by atoms with van der Waals surface area (Å²) in [7, 11) is 0. The molecule has 0 radical (unpaired) electrons. The van der Waals surface area contributed by atoms with Gasteiger partial charge in [0.25, 0.3) is 0 Å². The summed E-state index contributed by atoms with van der Waals surface area (Å²) in [6.07, 6.45) is 3.08. The third-order valence-electron chi connectivity index (χ3n) is 3.73. The lowest BCUT2D eigenvalue weighted by atomic mass is 10.0. The maximum atomic E-state index is 12.1. The fourth-order valence-corrected chi connectivity index (χ4v) is 2.61. The highest BCUT2D eigenvalue weighted by Gasteiger charge is 2.22. The molecule has 0 unspecified atom stereocenters. The minimum Gasteiger partial charge on any atom is -0.353 e. The number of benzene rings is 1. The van der Waals surface area contributed by atoms with Crippen LogP contribution < -0.4 is 5.32 Å². The molecule has 20 heavy (non-hydrogen) atoms. The Hall–Kier alpha value is -1.84. The van der Waals surface area contributed by atoms with E-state index in [1.54, 1.807) is 0 Å². The maximum Gasteiger partial charge on any atom is 0.222 e. The zero-order valence-electron chi connectivity index (χ0n) is 12.0. The number of amides is 2. The van der Waals surface area contributed by atoms with Gasteiger partial charge in [-0.15, -0.1) is 0 Å². The zero-order chi connectivity index (χ0) is 14.4. The van der Waals surface area contributed by atoms with Gasteiger partial charge in [-0.05, 0) is 24.8 Å². The Kier molecular flexibility index (Phi) is 5.16. The number of likely N-dealkylation sites (tertiary alicyclic amines) is 1. The minimum absolute atomic E-state index is 0.0128. The summed E-state index contributed by atoms with van der Waals surface area (Å²) in [6, 6.07) is 10.3. The number of piperidine rings is 1. The number of nitrogens with one attached hydrogen (secondary N) is 1. The van der Waals surface area contributed by atoms with Gasteiger partial charge in [0.15, 0.2) is 0 Å². The summed E-state index contributed by atoms with van der Waals surface area (Å²) in [5.74, 6) is 0.231. The highest BCUT2D eigenvalue weighted by molar-refractivity contribution is 5.76. The summed E-state index contributed by atoms with van der Waals surface area (Å²) in [6.45, 7) is 3.04. The van der Waals surface area contributed by atoms with Crippen LogP contribution in [0.15, 0.2) is 30.3 Å². The van der Waals surface area contributed by atoms with Crippen molar-refractivity contribution in [2.24, 2.45) is 0 Å². The molecule has 0 aliphatic carbocycles. The van der Waals surface area contributed by atoms with Crippen molar-refractivity contribution >= 4 is 11.8 Å². The Labute approximate surface area is 120 Å². The van der Waals surface area contributed by atoms with E-state index in [1.165, 1.54) is 12.5 Å². The second-order valence-corrected chi connectivity index (χ2v) is 5.34. The number of aryl methyl sites for hydroxylation is 1. The van der Waals surface area contributed by atoms with Crippen LogP contribution in [-0.4, -0.2) is 35.8 Å². The van der Waals surface area contributed by atoms with Gasteiger partial charge in [0.05, 0.1) is 0 Å². The molecule has 1 saturated heterocycles. The monoisotopic (exact) mass is 274 g/mol. The first kappa shape index (κ1) is 14.6. The minimum atomic E-state index is 0.0128. The molecule has 2 rings (SSSR count). The number of carbonyl (C=O) groups excluding carboxylic acids is 2. The van der Waals surface area contributed by atoms with Crippen molar-refractivity contribution in [3.05, 3.63) is 35.9 Å². The van der Waals surface area contributed by atoms with Crippen molar-refractivity contribution in [3.8, 4) is 0 Å². The molecule has 2 amide bonds. The van der Waals surface area contributed by atoms with Gasteiger partial charge < -0.3 is 10.2 Å². The summed E-state index contributed by atoms with van der Waals surface area (Å²) < 4.78 is 0. The molecule has 4 nitrogen and oxygen atoms in total. The molecule has 0 bridgehead atoms. The van der Waals surface area contributed by atoms with Crippen LogP contribution in [0.4, 0.5) is 0 Å². The van der Waals surface area contributed by atoms with Gasteiger partial charge in [-0.3, -0.25) is 9.59 Å². The summed E-state index contributed by atoms with van der Waals surface area (Å²) in [5.41, 5.74) is 1.20. The van der Waals surface area contributed by atoms with Gasteiger partial charge in [0, 0.05) is 32.5 Å². The Balaban J connectivity index is 1.73. The molecular weight excluding hydrogens is 252 g/mol. The number of carbonyl (C=O) groups is 2. The molecule has 0 spiro atoms. The topological polar surface area (TPSA) is 49.4 Å². The van der Waals surface area contributed by atoms with Crippen LogP contribution in [0.2, 0.25) is 0 Å². The third kappa shape index (κ3) is 4.37. The van der Waals surface area contributed by atoms with E-state index in [0.29, 0.717) is 6.42 Å². The van der Waals surface area contributed by atoms with Crippen molar-refractivity contribution in [2.45, 2.75) is 38.6 Å². The predicted octanol–water partition coefficient (Wildman–Crippen LogP) is 1.75. The molecule has 1 N–H and O–H groups in total. The van der Waals surface area contributed by atoms with E-state index in [4.69, 9.17) is 0 Å². The summed E-state index contributed by atoms with van der Waals surface area (Å²) in [4.78, 5) is 25.1. The van der Waals surface area contributed by atoms with Crippen molar-refractivity contribution in [2.75, 3.05) is 13.1 Å². The Morgan fingerprint density at radius 3 is 2.45 bits per heavy atom. The molecule has 1 aliphatic rings. The molecule has 0 atom stereocenters. The molecule has 1 aromatic rings. The molecule has 1 fully saturated rings. The van der Waals surface area contributed by atoms with E-state index in [9.17, 15) is 9.59 Å². The third-order valence-corrected chi connectivity index (χ3v) is 3.73. The Morgan fingerprint density at radius 1 is 1.20 bits per heavy atom. The molecule has 1 aromatic carbocycles. The highest BCUT2D eigenvalue weighted by Crippen LogP contribution is 2.13. The number of hydrogen-bond acceptors (Lipinski definition) is 2. The quantitative estimate of drug-likeness (QED) is 0.909. The Morgan fingerprint density at radius 2 is 1.85 bits per heavy atom. The molecule has 108 valence electrons. The lowest BCUT2D eigenvalue weighted by Gasteiger charge is -2.32. The average molecular weight is 274 g/mol. The second-order valence-electron chi connectivity index (χ2n) is 5.34. The van der Waals surface area contributed by atoms with Crippen LogP contribution in [0.1, 0.15) is 31.7 Å². The number of rotatable bonds is 4. The van der Waals surface area contributed by atoms with Crippen molar-refractivity contribution in [1.29, 1.82) is 0 Å². The van der Waals surface area contributed by atoms with E-state index >= 15 is 0 Å². The van der Waals surface area contributed by atoms with Crippen LogP contribution in [0, 0.1) is 0 Å². The van der Waals surface area contributed by atoms with Crippen LogP contribution in [0.5, 0.6) is 0 Å². The number of hydrogen-bond donors (Lipinski definition) is 1. The first-order valence-corrected chi connectivity index (χ1v) is 7.24. The van der Waals surface area contributed by atoms with Gasteiger partial charge in [0.2, 0.25) is 11.8 Å². The lowest BCUT2D eigenvalue weighted by molar-refractivity contribution is -0.132. The van der Waals surface area contributed by atoms with Gasteiger partial charge >= 0.3 is 0 Å². The zero-order valence-corrected chi connectivity index (χ0v) is 12.0. The van der Waals surface area contributed by atoms with E-state index < -0.39 is 0 Å². The fourth-order valence-electron chi connectivity index (χ4n) is 2.61. The van der Waals surface area contributed by atoms with Gasteiger partial charge in [0.1, 0.15) is 0 Å². The van der Waals surface area contributed by atoms with Crippen LogP contribution >= 0.6 is 0 Å². The van der Waals surface area contributed by atoms with Gasteiger partial charge in [-0.25, -0.2) is 0 Å². The van der Waals surface area contributed by atoms with Crippen molar-refractivity contribution in [1.82, 2.24) is 10.2 Å². The standard InChI is InChI=1S/C16H22N2O2/c1-13(19)17-15-9-11-18(12-10-15)16(20)8-7-14-5-3-2-4-6-14/h2-6,15H,7-12H2,1H3,(H,17,19).